The van der Waals surface area contributed by atoms with Crippen LogP contribution in [0.1, 0.15) is 21.5 Å². The van der Waals surface area contributed by atoms with Crippen LogP contribution in [0.5, 0.6) is 0 Å². The van der Waals surface area contributed by atoms with E-state index in [9.17, 15) is 13.2 Å². The van der Waals surface area contributed by atoms with E-state index in [0.717, 1.165) is 23.9 Å². The maximum atomic E-state index is 12.9. The molecule has 0 spiro atoms. The van der Waals surface area contributed by atoms with Gasteiger partial charge in [0.25, 0.3) is 15.9 Å². The predicted molar refractivity (Wildman–Crippen MR) is 128 cm³/mol. The Labute approximate surface area is 187 Å². The number of hydrogen-bond donors (Lipinski definition) is 1. The summed E-state index contributed by atoms with van der Waals surface area (Å²) in [4.78, 5) is 13.1. The van der Waals surface area contributed by atoms with Crippen LogP contribution in [-0.4, -0.2) is 21.4 Å². The van der Waals surface area contributed by atoms with E-state index in [4.69, 9.17) is 0 Å². The van der Waals surface area contributed by atoms with Gasteiger partial charge in [0, 0.05) is 23.7 Å². The standard InChI is InChI=1S/C26H22N2O3S/c1-28(32(30,31)22-7-3-2-4-8-22)21-15-12-20(13-16-21)26(29)27-24-17-14-19-11-10-18-6-5-9-23(24)25(18)19/h2-9,12-17H,10-11H2,1H3,(H,27,29). The maximum absolute atomic E-state index is 12.9. The van der Waals surface area contributed by atoms with Crippen molar-refractivity contribution in [2.24, 2.45) is 0 Å². The van der Waals surface area contributed by atoms with Crippen molar-refractivity contribution < 1.29 is 13.2 Å². The van der Waals surface area contributed by atoms with E-state index in [1.807, 2.05) is 18.2 Å². The summed E-state index contributed by atoms with van der Waals surface area (Å²) < 4.78 is 26.9. The van der Waals surface area contributed by atoms with E-state index in [-0.39, 0.29) is 10.8 Å². The lowest BCUT2D eigenvalue weighted by atomic mass is 10.0. The second kappa shape index (κ2) is 7.80. The Morgan fingerprint density at radius 3 is 2.22 bits per heavy atom. The van der Waals surface area contributed by atoms with Crippen molar-refractivity contribution in [2.75, 3.05) is 16.7 Å². The zero-order valence-corrected chi connectivity index (χ0v) is 18.4. The van der Waals surface area contributed by atoms with Crippen molar-refractivity contribution in [2.45, 2.75) is 17.7 Å². The molecule has 1 amide bonds. The molecule has 5 rings (SSSR count). The van der Waals surface area contributed by atoms with Crippen molar-refractivity contribution in [3.05, 3.63) is 102 Å². The van der Waals surface area contributed by atoms with Gasteiger partial charge >= 0.3 is 0 Å². The number of amides is 1. The van der Waals surface area contributed by atoms with Gasteiger partial charge < -0.3 is 5.32 Å². The van der Waals surface area contributed by atoms with Gasteiger partial charge in [0.1, 0.15) is 0 Å². The molecule has 0 unspecified atom stereocenters. The van der Waals surface area contributed by atoms with Crippen LogP contribution in [-0.2, 0) is 22.9 Å². The first-order chi connectivity index (χ1) is 15.4. The normalized spacial score (nSPS) is 12.7. The largest absolute Gasteiger partial charge is 0.321 e. The summed E-state index contributed by atoms with van der Waals surface area (Å²) in [6, 6.07) is 25.1. The lowest BCUT2D eigenvalue weighted by Crippen LogP contribution is -2.26. The third-order valence-electron chi connectivity index (χ3n) is 6.02. The minimum Gasteiger partial charge on any atom is -0.321 e. The molecule has 32 heavy (non-hydrogen) atoms. The number of aryl methyl sites for hydroxylation is 2. The molecule has 6 heteroatoms. The number of sulfonamides is 1. The molecule has 0 aliphatic heterocycles. The van der Waals surface area contributed by atoms with E-state index in [2.05, 4.69) is 17.4 Å². The highest BCUT2D eigenvalue weighted by atomic mass is 32.2. The molecule has 0 saturated heterocycles. The second-order valence-electron chi connectivity index (χ2n) is 7.90. The SMILES string of the molecule is CN(c1ccc(C(=O)Nc2ccc3c4c(cccc24)CC3)cc1)S(=O)(=O)c1ccccc1. The van der Waals surface area contributed by atoms with E-state index in [0.29, 0.717) is 11.3 Å². The topological polar surface area (TPSA) is 66.5 Å². The highest BCUT2D eigenvalue weighted by Crippen LogP contribution is 2.35. The Balaban J connectivity index is 1.38. The lowest BCUT2D eigenvalue weighted by molar-refractivity contribution is 0.102. The van der Waals surface area contributed by atoms with Crippen molar-refractivity contribution in [3.8, 4) is 0 Å². The first-order valence-electron chi connectivity index (χ1n) is 10.4. The predicted octanol–water partition coefficient (Wildman–Crippen LogP) is 5.02. The first kappa shape index (κ1) is 20.3. The molecule has 5 nitrogen and oxygen atoms in total. The van der Waals surface area contributed by atoms with Crippen molar-refractivity contribution in [3.63, 3.8) is 0 Å². The number of nitrogens with zero attached hydrogens (tertiary/aromatic N) is 1. The highest BCUT2D eigenvalue weighted by Gasteiger charge is 2.21. The third kappa shape index (κ3) is 3.42. The maximum Gasteiger partial charge on any atom is 0.264 e. The fourth-order valence-electron chi connectivity index (χ4n) is 4.26. The summed E-state index contributed by atoms with van der Waals surface area (Å²) in [5.74, 6) is -0.233. The van der Waals surface area contributed by atoms with E-state index in [1.54, 1.807) is 54.6 Å². The Morgan fingerprint density at radius 1 is 0.812 bits per heavy atom. The number of benzene rings is 4. The number of anilines is 2. The molecule has 160 valence electrons. The summed E-state index contributed by atoms with van der Waals surface area (Å²) in [5, 5.41) is 5.31. The smallest absolute Gasteiger partial charge is 0.264 e. The molecule has 1 N–H and O–H groups in total. The molecular formula is C26H22N2O3S. The Hall–Kier alpha value is -3.64. The molecule has 0 atom stereocenters. The summed E-state index contributed by atoms with van der Waals surface area (Å²) in [5.41, 5.74) is 4.37. The second-order valence-corrected chi connectivity index (χ2v) is 9.87. The molecule has 4 aromatic carbocycles. The van der Waals surface area contributed by atoms with Gasteiger partial charge in [-0.15, -0.1) is 0 Å². The lowest BCUT2D eigenvalue weighted by Gasteiger charge is -2.19. The van der Waals surface area contributed by atoms with Gasteiger partial charge in [-0.25, -0.2) is 8.42 Å². The van der Waals surface area contributed by atoms with Crippen LogP contribution < -0.4 is 9.62 Å². The number of nitrogens with one attached hydrogen (secondary N) is 1. The Kier molecular flexibility index (Phi) is 4.94. The van der Waals surface area contributed by atoms with Crippen LogP contribution in [0, 0.1) is 0 Å². The van der Waals surface area contributed by atoms with Gasteiger partial charge in [-0.05, 0) is 71.8 Å². The van der Waals surface area contributed by atoms with E-state index < -0.39 is 10.0 Å². The fraction of sp³-hybridized carbons (Fsp3) is 0.115. The van der Waals surface area contributed by atoms with Crippen molar-refractivity contribution in [1.82, 2.24) is 0 Å². The third-order valence-corrected chi connectivity index (χ3v) is 7.82. The Morgan fingerprint density at radius 2 is 1.50 bits per heavy atom. The van der Waals surface area contributed by atoms with Gasteiger partial charge in [0.05, 0.1) is 10.6 Å². The number of rotatable bonds is 5. The molecular weight excluding hydrogens is 420 g/mol. The molecule has 1 aliphatic rings. The van der Waals surface area contributed by atoms with Crippen LogP contribution in [0.15, 0.2) is 89.8 Å². The van der Waals surface area contributed by atoms with Gasteiger partial charge in [0.2, 0.25) is 0 Å². The Bertz CT molecular complexity index is 1420. The summed E-state index contributed by atoms with van der Waals surface area (Å²) in [6.45, 7) is 0. The molecule has 0 fully saturated rings. The number of carbonyl (C=O) groups is 1. The molecule has 0 bridgehead atoms. The average molecular weight is 443 g/mol. The zero-order chi connectivity index (χ0) is 22.3. The monoisotopic (exact) mass is 442 g/mol. The van der Waals surface area contributed by atoms with Gasteiger partial charge in [0.15, 0.2) is 0 Å². The number of hydrogen-bond acceptors (Lipinski definition) is 3. The van der Waals surface area contributed by atoms with Crippen LogP contribution in [0.25, 0.3) is 10.8 Å². The molecule has 0 aromatic heterocycles. The fourth-order valence-corrected chi connectivity index (χ4v) is 5.48. The summed E-state index contributed by atoms with van der Waals surface area (Å²) in [6.07, 6.45) is 2.07. The van der Waals surface area contributed by atoms with Gasteiger partial charge in [-0.3, -0.25) is 9.10 Å². The van der Waals surface area contributed by atoms with Gasteiger partial charge in [-0.1, -0.05) is 42.5 Å². The quantitative estimate of drug-likeness (QED) is 0.472. The van der Waals surface area contributed by atoms with Crippen molar-refractivity contribution >= 4 is 38.1 Å². The summed E-state index contributed by atoms with van der Waals surface area (Å²) in [7, 11) is -2.16. The van der Waals surface area contributed by atoms with Crippen LogP contribution in [0.2, 0.25) is 0 Å². The van der Waals surface area contributed by atoms with E-state index in [1.165, 1.54) is 27.9 Å². The van der Waals surface area contributed by atoms with E-state index >= 15 is 0 Å². The van der Waals surface area contributed by atoms with Crippen LogP contribution >= 0.6 is 0 Å². The number of carbonyl (C=O) groups excluding carboxylic acids is 1. The minimum atomic E-state index is -3.67. The average Bonchev–Trinajstić information content (AvgIpc) is 3.25. The zero-order valence-electron chi connectivity index (χ0n) is 17.6. The molecule has 4 aromatic rings. The van der Waals surface area contributed by atoms with Crippen LogP contribution in [0.4, 0.5) is 11.4 Å². The summed E-state index contributed by atoms with van der Waals surface area (Å²) >= 11 is 0. The van der Waals surface area contributed by atoms with Crippen LogP contribution in [0.3, 0.4) is 0 Å². The van der Waals surface area contributed by atoms with Crippen molar-refractivity contribution in [1.29, 1.82) is 0 Å². The molecule has 1 aliphatic carbocycles. The van der Waals surface area contributed by atoms with Gasteiger partial charge in [-0.2, -0.15) is 0 Å². The molecule has 0 saturated carbocycles. The molecule has 0 radical (unpaired) electrons. The minimum absolute atomic E-state index is 0.219. The highest BCUT2D eigenvalue weighted by molar-refractivity contribution is 7.92. The molecule has 0 heterocycles. The first-order valence-corrected chi connectivity index (χ1v) is 11.9.